The molecule has 1 amide bonds. The number of carbonyl (C=O) groups is 1. The van der Waals surface area contributed by atoms with Crippen LogP contribution in [0, 0.1) is 6.92 Å². The maximum Gasteiger partial charge on any atom is 0.243 e. The van der Waals surface area contributed by atoms with Gasteiger partial charge in [-0.25, -0.2) is 8.42 Å². The van der Waals surface area contributed by atoms with Crippen molar-refractivity contribution in [1.82, 2.24) is 0 Å². The first-order valence-corrected chi connectivity index (χ1v) is 12.2. The molecule has 0 saturated heterocycles. The maximum absolute atomic E-state index is 13.4. The van der Waals surface area contributed by atoms with Crippen molar-refractivity contribution < 1.29 is 22.7 Å². The zero-order valence-electron chi connectivity index (χ0n) is 18.9. The molecular formula is C25H28N2O5S. The lowest BCUT2D eigenvalue weighted by atomic mass is 10.2. The van der Waals surface area contributed by atoms with Crippen molar-refractivity contribution in [3.05, 3.63) is 72.3 Å². The number of nitrogens with one attached hydrogen (secondary N) is 2. The Kier molecular flexibility index (Phi) is 7.95. The van der Waals surface area contributed by atoms with E-state index in [-0.39, 0.29) is 22.2 Å². The maximum atomic E-state index is 13.4. The van der Waals surface area contributed by atoms with Crippen molar-refractivity contribution in [3.63, 3.8) is 0 Å². The first-order valence-electron chi connectivity index (χ1n) is 10.7. The second-order valence-corrected chi connectivity index (χ2v) is 9.16. The highest BCUT2D eigenvalue weighted by Crippen LogP contribution is 2.31. The van der Waals surface area contributed by atoms with Crippen LogP contribution in [-0.4, -0.2) is 34.1 Å². The largest absolute Gasteiger partial charge is 0.494 e. The molecule has 3 rings (SSSR count). The molecular weight excluding hydrogens is 440 g/mol. The van der Waals surface area contributed by atoms with E-state index < -0.39 is 9.84 Å². The van der Waals surface area contributed by atoms with Gasteiger partial charge in [-0.1, -0.05) is 29.8 Å². The van der Waals surface area contributed by atoms with Crippen LogP contribution in [0.25, 0.3) is 0 Å². The Bertz CT molecular complexity index is 1210. The highest BCUT2D eigenvalue weighted by Gasteiger charge is 2.23. The number of amides is 1. The number of anilines is 2. The summed E-state index contributed by atoms with van der Waals surface area (Å²) < 4.78 is 37.8. The summed E-state index contributed by atoms with van der Waals surface area (Å²) in [7, 11) is -3.84. The van der Waals surface area contributed by atoms with Gasteiger partial charge >= 0.3 is 0 Å². The summed E-state index contributed by atoms with van der Waals surface area (Å²) in [6.07, 6.45) is 0. The van der Waals surface area contributed by atoms with Gasteiger partial charge in [0.25, 0.3) is 0 Å². The van der Waals surface area contributed by atoms with Gasteiger partial charge in [-0.15, -0.1) is 0 Å². The van der Waals surface area contributed by atoms with E-state index >= 15 is 0 Å². The van der Waals surface area contributed by atoms with Gasteiger partial charge in [0.05, 0.1) is 40.9 Å². The van der Waals surface area contributed by atoms with Crippen molar-refractivity contribution >= 4 is 27.1 Å². The molecule has 0 aromatic heterocycles. The normalized spacial score (nSPS) is 11.0. The Labute approximate surface area is 194 Å². The summed E-state index contributed by atoms with van der Waals surface area (Å²) >= 11 is 0. The fraction of sp³-hybridized carbons (Fsp3) is 0.240. The van der Waals surface area contributed by atoms with Gasteiger partial charge in [0.2, 0.25) is 15.7 Å². The molecule has 0 fully saturated rings. The lowest BCUT2D eigenvalue weighted by Crippen LogP contribution is -2.23. The van der Waals surface area contributed by atoms with Gasteiger partial charge in [-0.3, -0.25) is 4.79 Å². The average molecular weight is 469 g/mol. The van der Waals surface area contributed by atoms with E-state index in [2.05, 4.69) is 10.6 Å². The number of rotatable bonds is 10. The van der Waals surface area contributed by atoms with Gasteiger partial charge in [-0.05, 0) is 57.2 Å². The van der Waals surface area contributed by atoms with Crippen LogP contribution in [0.2, 0.25) is 0 Å². The van der Waals surface area contributed by atoms with Gasteiger partial charge in [0.1, 0.15) is 11.5 Å². The molecule has 0 atom stereocenters. The molecule has 3 aromatic carbocycles. The average Bonchev–Trinajstić information content (AvgIpc) is 2.80. The van der Waals surface area contributed by atoms with E-state index in [0.717, 1.165) is 5.56 Å². The van der Waals surface area contributed by atoms with Crippen LogP contribution in [-0.2, 0) is 14.6 Å². The minimum atomic E-state index is -3.84. The fourth-order valence-corrected chi connectivity index (χ4v) is 4.64. The Balaban J connectivity index is 1.84. The van der Waals surface area contributed by atoms with Crippen LogP contribution in [0.5, 0.6) is 11.5 Å². The standard InChI is InChI=1S/C25H28N2O5S/c1-4-31-19-12-15-22(24(16-19)33(29,30)20-13-10-18(3)11-14-20)26-17-25(28)27-21-8-6-7-9-23(21)32-5-2/h6-16,26H,4-5,17H2,1-3H3,(H,27,28). The van der Waals surface area contributed by atoms with Crippen molar-refractivity contribution in [3.8, 4) is 11.5 Å². The highest BCUT2D eigenvalue weighted by molar-refractivity contribution is 7.91. The predicted octanol–water partition coefficient (Wildman–Crippen LogP) is 4.68. The lowest BCUT2D eigenvalue weighted by molar-refractivity contribution is -0.114. The summed E-state index contributed by atoms with van der Waals surface area (Å²) in [6, 6.07) is 18.5. The van der Waals surface area contributed by atoms with E-state index in [1.807, 2.05) is 26.8 Å². The molecule has 0 bridgehead atoms. The smallest absolute Gasteiger partial charge is 0.243 e. The van der Waals surface area contributed by atoms with E-state index in [1.165, 1.54) is 6.07 Å². The summed E-state index contributed by atoms with van der Waals surface area (Å²) in [5.74, 6) is 0.663. The Morgan fingerprint density at radius 1 is 0.879 bits per heavy atom. The van der Waals surface area contributed by atoms with Crippen LogP contribution in [0.3, 0.4) is 0 Å². The summed E-state index contributed by atoms with van der Waals surface area (Å²) in [5, 5.41) is 5.75. The number of para-hydroxylation sites is 2. The molecule has 0 aliphatic carbocycles. The number of sulfone groups is 1. The van der Waals surface area contributed by atoms with Crippen LogP contribution in [0.4, 0.5) is 11.4 Å². The summed E-state index contributed by atoms with van der Waals surface area (Å²) in [4.78, 5) is 12.8. The molecule has 0 unspecified atom stereocenters. The number of aryl methyl sites for hydroxylation is 1. The van der Waals surface area contributed by atoms with Gasteiger partial charge in [0, 0.05) is 6.07 Å². The molecule has 3 aromatic rings. The van der Waals surface area contributed by atoms with E-state index in [1.54, 1.807) is 54.6 Å². The molecule has 0 saturated carbocycles. The molecule has 0 radical (unpaired) electrons. The predicted molar refractivity (Wildman–Crippen MR) is 129 cm³/mol. The molecule has 0 aliphatic heterocycles. The lowest BCUT2D eigenvalue weighted by Gasteiger charge is -2.15. The topological polar surface area (TPSA) is 93.7 Å². The highest BCUT2D eigenvalue weighted by atomic mass is 32.2. The molecule has 33 heavy (non-hydrogen) atoms. The summed E-state index contributed by atoms with van der Waals surface area (Å²) in [6.45, 7) is 6.31. The van der Waals surface area contributed by atoms with Crippen molar-refractivity contribution in [2.45, 2.75) is 30.6 Å². The molecule has 7 nitrogen and oxygen atoms in total. The van der Waals surface area contributed by atoms with E-state index in [0.29, 0.717) is 36.1 Å². The van der Waals surface area contributed by atoms with E-state index in [9.17, 15) is 13.2 Å². The van der Waals surface area contributed by atoms with Crippen molar-refractivity contribution in [2.24, 2.45) is 0 Å². The number of benzene rings is 3. The Morgan fingerprint density at radius 3 is 2.27 bits per heavy atom. The van der Waals surface area contributed by atoms with Crippen LogP contribution >= 0.6 is 0 Å². The van der Waals surface area contributed by atoms with Crippen molar-refractivity contribution in [1.29, 1.82) is 0 Å². The number of ether oxygens (including phenoxy) is 2. The van der Waals surface area contributed by atoms with Gasteiger partial charge in [-0.2, -0.15) is 0 Å². The minimum absolute atomic E-state index is 0.0415. The van der Waals surface area contributed by atoms with Crippen LogP contribution in [0.15, 0.2) is 76.5 Å². The monoisotopic (exact) mass is 468 g/mol. The quantitative estimate of drug-likeness (QED) is 0.449. The summed E-state index contributed by atoms with van der Waals surface area (Å²) in [5.41, 5.74) is 1.82. The van der Waals surface area contributed by atoms with Crippen LogP contribution < -0.4 is 20.1 Å². The second-order valence-electron chi connectivity index (χ2n) is 7.24. The molecule has 0 spiro atoms. The van der Waals surface area contributed by atoms with E-state index in [4.69, 9.17) is 9.47 Å². The number of carbonyl (C=O) groups excluding carboxylic acids is 1. The number of hydrogen-bond donors (Lipinski definition) is 2. The van der Waals surface area contributed by atoms with Gasteiger partial charge in [0.15, 0.2) is 0 Å². The Morgan fingerprint density at radius 2 is 1.58 bits per heavy atom. The molecule has 174 valence electrons. The number of hydrogen-bond acceptors (Lipinski definition) is 6. The zero-order valence-corrected chi connectivity index (χ0v) is 19.7. The molecule has 2 N–H and O–H groups in total. The first kappa shape index (κ1) is 24.1. The first-order chi connectivity index (χ1) is 15.8. The molecule has 8 heteroatoms. The van der Waals surface area contributed by atoms with Gasteiger partial charge < -0.3 is 20.1 Å². The molecule has 0 aliphatic rings. The van der Waals surface area contributed by atoms with Crippen LogP contribution in [0.1, 0.15) is 19.4 Å². The third-order valence-corrected chi connectivity index (χ3v) is 6.59. The third-order valence-electron chi connectivity index (χ3n) is 4.79. The third kappa shape index (κ3) is 6.04. The van der Waals surface area contributed by atoms with Crippen molar-refractivity contribution in [2.75, 3.05) is 30.4 Å². The second kappa shape index (κ2) is 10.9. The SMILES string of the molecule is CCOc1ccc(NCC(=O)Nc2ccccc2OCC)c(S(=O)(=O)c2ccc(C)cc2)c1. The minimum Gasteiger partial charge on any atom is -0.494 e. The fourth-order valence-electron chi connectivity index (χ4n) is 3.19. The molecule has 0 heterocycles. The zero-order chi connectivity index (χ0) is 23.8. The Hall–Kier alpha value is -3.52.